The summed E-state index contributed by atoms with van der Waals surface area (Å²) < 4.78 is 19.2. The van der Waals surface area contributed by atoms with Crippen molar-refractivity contribution in [1.29, 1.82) is 0 Å². The molecule has 0 aliphatic heterocycles. The van der Waals surface area contributed by atoms with Crippen LogP contribution in [0.2, 0.25) is 0 Å². The Balaban J connectivity index is 2.40. The van der Waals surface area contributed by atoms with Crippen molar-refractivity contribution in [3.63, 3.8) is 0 Å². The molecule has 1 aromatic heterocycles. The lowest BCUT2D eigenvalue weighted by atomic mass is 10.0. The predicted molar refractivity (Wildman–Crippen MR) is 101 cm³/mol. The number of aryl methyl sites for hydroxylation is 1. The fourth-order valence-electron chi connectivity index (χ4n) is 2.47. The van der Waals surface area contributed by atoms with Gasteiger partial charge < -0.3 is 22.1 Å². The molecule has 0 saturated heterocycles. The number of nitrogens with zero attached hydrogens (tertiary/aromatic N) is 1. The maximum atomic E-state index is 15.0. The largest absolute Gasteiger partial charge is 0.371 e. The highest BCUT2D eigenvalue weighted by Crippen LogP contribution is 2.31. The molecule has 0 spiro atoms. The number of hydrogen-bond acceptors (Lipinski definition) is 6. The minimum absolute atomic E-state index is 0.00131. The quantitative estimate of drug-likeness (QED) is 0.561. The molecule has 1 atom stereocenters. The van der Waals surface area contributed by atoms with Gasteiger partial charge in [0, 0.05) is 0 Å². The molecule has 9 heteroatoms. The number of anilines is 3. The Labute approximate surface area is 155 Å². The summed E-state index contributed by atoms with van der Waals surface area (Å²) >= 11 is 1.13. The van der Waals surface area contributed by atoms with Crippen LogP contribution >= 0.6 is 11.5 Å². The lowest BCUT2D eigenvalue weighted by Gasteiger charge is -2.20. The zero-order chi connectivity index (χ0) is 19.4. The van der Waals surface area contributed by atoms with E-state index < -0.39 is 23.7 Å². The zero-order valence-electron chi connectivity index (χ0n) is 14.8. The minimum atomic E-state index is -0.771. The molecule has 1 aromatic carbocycles. The molecule has 26 heavy (non-hydrogen) atoms. The van der Waals surface area contributed by atoms with Gasteiger partial charge in [-0.3, -0.25) is 9.59 Å². The monoisotopic (exact) mass is 379 g/mol. The molecule has 0 aliphatic rings. The van der Waals surface area contributed by atoms with Crippen molar-refractivity contribution < 1.29 is 14.0 Å². The number of rotatable bonds is 8. The molecule has 0 radical (unpaired) electrons. The SMILES string of the molecule is Cc1cc(Nc2c(C(N)=O)ccc(N[C@H](CC(C)C)C(N)=O)c2F)sn1. The fraction of sp³-hybridized carbons (Fsp3) is 0.353. The van der Waals surface area contributed by atoms with Gasteiger partial charge in [-0.15, -0.1) is 0 Å². The Morgan fingerprint density at radius 1 is 1.31 bits per heavy atom. The Morgan fingerprint density at radius 2 is 2.00 bits per heavy atom. The van der Waals surface area contributed by atoms with Crippen molar-refractivity contribution in [2.75, 3.05) is 10.6 Å². The standard InChI is InChI=1S/C17H22FN5O2S/c1-8(2)6-12(17(20)25)21-11-5-4-10(16(19)24)15(14(11)18)22-13-7-9(3)23-26-13/h4-5,7-8,12,21-22H,6H2,1-3H3,(H2,19,24)(H2,20,25)/t12-/m1/s1. The van der Waals surface area contributed by atoms with Crippen molar-refractivity contribution in [3.8, 4) is 0 Å². The number of amides is 2. The predicted octanol–water partition coefficient (Wildman–Crippen LogP) is 2.75. The average molecular weight is 379 g/mol. The second kappa shape index (κ2) is 8.13. The van der Waals surface area contributed by atoms with Crippen LogP contribution in [0.4, 0.5) is 20.8 Å². The Bertz CT molecular complexity index is 821. The number of carbonyl (C=O) groups excluding carboxylic acids is 2. The number of aromatic nitrogens is 1. The van der Waals surface area contributed by atoms with Crippen LogP contribution < -0.4 is 22.1 Å². The molecule has 1 heterocycles. The van der Waals surface area contributed by atoms with Gasteiger partial charge in [-0.2, -0.15) is 4.37 Å². The highest BCUT2D eigenvalue weighted by molar-refractivity contribution is 7.10. The van der Waals surface area contributed by atoms with Crippen molar-refractivity contribution >= 4 is 39.7 Å². The highest BCUT2D eigenvalue weighted by Gasteiger charge is 2.22. The summed E-state index contributed by atoms with van der Waals surface area (Å²) in [6.45, 7) is 5.67. The van der Waals surface area contributed by atoms with E-state index in [9.17, 15) is 9.59 Å². The van der Waals surface area contributed by atoms with Gasteiger partial charge in [0.1, 0.15) is 11.0 Å². The number of carbonyl (C=O) groups is 2. The summed E-state index contributed by atoms with van der Waals surface area (Å²) in [4.78, 5) is 23.3. The first kappa shape index (κ1) is 19.6. The Morgan fingerprint density at radius 3 is 2.50 bits per heavy atom. The van der Waals surface area contributed by atoms with Gasteiger partial charge in [0.2, 0.25) is 5.91 Å². The third kappa shape index (κ3) is 4.69. The summed E-state index contributed by atoms with van der Waals surface area (Å²) in [5, 5.41) is 6.24. The maximum absolute atomic E-state index is 15.0. The smallest absolute Gasteiger partial charge is 0.250 e. The highest BCUT2D eigenvalue weighted by atomic mass is 32.1. The molecule has 2 rings (SSSR count). The molecule has 2 amide bonds. The van der Waals surface area contributed by atoms with E-state index in [2.05, 4.69) is 15.0 Å². The molecule has 140 valence electrons. The van der Waals surface area contributed by atoms with Crippen LogP contribution in [0.1, 0.15) is 36.3 Å². The first-order valence-corrected chi connectivity index (χ1v) is 8.84. The van der Waals surface area contributed by atoms with Crippen LogP contribution in [0.5, 0.6) is 0 Å². The van der Waals surface area contributed by atoms with E-state index >= 15 is 4.39 Å². The van der Waals surface area contributed by atoms with Gasteiger partial charge in [-0.1, -0.05) is 13.8 Å². The van der Waals surface area contributed by atoms with Crippen molar-refractivity contribution in [2.45, 2.75) is 33.2 Å². The number of nitrogens with two attached hydrogens (primary N) is 2. The van der Waals surface area contributed by atoms with Gasteiger partial charge in [0.25, 0.3) is 5.91 Å². The van der Waals surface area contributed by atoms with Crippen molar-refractivity contribution in [1.82, 2.24) is 4.37 Å². The van der Waals surface area contributed by atoms with Gasteiger partial charge in [-0.25, -0.2) is 4.39 Å². The third-order valence-corrected chi connectivity index (χ3v) is 4.46. The second-order valence-corrected chi connectivity index (χ2v) is 7.21. The average Bonchev–Trinajstić information content (AvgIpc) is 2.94. The number of nitrogens with one attached hydrogen (secondary N) is 2. The molecule has 6 N–H and O–H groups in total. The lowest BCUT2D eigenvalue weighted by molar-refractivity contribution is -0.119. The number of primary amides is 2. The Hall–Kier alpha value is -2.68. The van der Waals surface area contributed by atoms with E-state index in [-0.39, 0.29) is 22.9 Å². The zero-order valence-corrected chi connectivity index (χ0v) is 15.6. The topological polar surface area (TPSA) is 123 Å². The Kier molecular flexibility index (Phi) is 6.14. The van der Waals surface area contributed by atoms with Crippen LogP contribution in [0.15, 0.2) is 18.2 Å². The van der Waals surface area contributed by atoms with E-state index in [4.69, 9.17) is 11.5 Å². The molecule has 0 bridgehead atoms. The van der Waals surface area contributed by atoms with Gasteiger partial charge >= 0.3 is 0 Å². The lowest BCUT2D eigenvalue weighted by Crippen LogP contribution is -2.36. The summed E-state index contributed by atoms with van der Waals surface area (Å²) in [6, 6.07) is 3.76. The molecule has 0 unspecified atom stereocenters. The summed E-state index contributed by atoms with van der Waals surface area (Å²) in [5.41, 5.74) is 11.5. The first-order chi connectivity index (χ1) is 12.2. The van der Waals surface area contributed by atoms with E-state index in [0.29, 0.717) is 11.4 Å². The van der Waals surface area contributed by atoms with Crippen molar-refractivity contribution in [3.05, 3.63) is 35.3 Å². The maximum Gasteiger partial charge on any atom is 0.250 e. The van der Waals surface area contributed by atoms with E-state index in [1.165, 1.54) is 12.1 Å². The number of benzene rings is 1. The number of hydrogen-bond donors (Lipinski definition) is 4. The molecule has 0 saturated carbocycles. The molecule has 7 nitrogen and oxygen atoms in total. The second-order valence-electron chi connectivity index (χ2n) is 6.40. The molecular formula is C17H22FN5O2S. The minimum Gasteiger partial charge on any atom is -0.371 e. The summed E-state index contributed by atoms with van der Waals surface area (Å²) in [5.74, 6) is -1.88. The van der Waals surface area contributed by atoms with Crippen LogP contribution in [0, 0.1) is 18.7 Å². The van der Waals surface area contributed by atoms with Crippen LogP contribution in [0.3, 0.4) is 0 Å². The molecule has 2 aromatic rings. The number of halogens is 1. The van der Waals surface area contributed by atoms with Gasteiger partial charge in [0.05, 0.1) is 22.6 Å². The van der Waals surface area contributed by atoms with Gasteiger partial charge in [-0.05, 0) is 49.0 Å². The molecule has 0 aliphatic carbocycles. The fourth-order valence-corrected chi connectivity index (χ4v) is 3.13. The van der Waals surface area contributed by atoms with Crippen molar-refractivity contribution in [2.24, 2.45) is 17.4 Å². The van der Waals surface area contributed by atoms with E-state index in [0.717, 1.165) is 17.2 Å². The van der Waals surface area contributed by atoms with Crippen LogP contribution in [-0.2, 0) is 4.79 Å². The van der Waals surface area contributed by atoms with Gasteiger partial charge in [0.15, 0.2) is 5.82 Å². The first-order valence-electron chi connectivity index (χ1n) is 8.07. The summed E-state index contributed by atoms with van der Waals surface area (Å²) in [7, 11) is 0. The summed E-state index contributed by atoms with van der Waals surface area (Å²) in [6.07, 6.45) is 0.448. The van der Waals surface area contributed by atoms with E-state index in [1.54, 1.807) is 13.0 Å². The third-order valence-electron chi connectivity index (χ3n) is 3.66. The van der Waals surface area contributed by atoms with Crippen LogP contribution in [-0.4, -0.2) is 22.2 Å². The van der Waals surface area contributed by atoms with E-state index in [1.807, 2.05) is 13.8 Å². The van der Waals surface area contributed by atoms with Crippen LogP contribution in [0.25, 0.3) is 0 Å². The molecule has 0 fully saturated rings. The molecular weight excluding hydrogens is 357 g/mol. The normalized spacial score (nSPS) is 12.0.